The maximum atomic E-state index is 12.3. The summed E-state index contributed by atoms with van der Waals surface area (Å²) >= 11 is 0.965. The summed E-state index contributed by atoms with van der Waals surface area (Å²) in [5, 5.41) is 8.92. The van der Waals surface area contributed by atoms with Crippen LogP contribution in [0.5, 0.6) is 11.5 Å². The first-order chi connectivity index (χ1) is 11.0. The van der Waals surface area contributed by atoms with Crippen LogP contribution in [0.4, 0.5) is 0 Å². The van der Waals surface area contributed by atoms with Crippen LogP contribution in [-0.2, 0) is 0 Å². The third-order valence-corrected chi connectivity index (χ3v) is 4.48. The molecule has 0 radical (unpaired) electrons. The second-order valence-electron chi connectivity index (χ2n) is 5.15. The minimum atomic E-state index is -1.03. The number of carboxylic acid groups (broad SMARTS) is 1. The molecule has 0 aliphatic carbocycles. The number of para-hydroxylation sites is 2. The van der Waals surface area contributed by atoms with Crippen LogP contribution in [0.1, 0.15) is 19.3 Å². The lowest BCUT2D eigenvalue weighted by atomic mass is 10.2. The molecule has 2 aromatic rings. The van der Waals surface area contributed by atoms with Gasteiger partial charge in [-0.25, -0.2) is 4.79 Å². The van der Waals surface area contributed by atoms with Crippen LogP contribution in [0.3, 0.4) is 0 Å². The van der Waals surface area contributed by atoms with E-state index in [1.807, 2.05) is 24.3 Å². The van der Waals surface area contributed by atoms with E-state index >= 15 is 0 Å². The number of hydrogen-bond donors (Lipinski definition) is 1. The highest BCUT2D eigenvalue weighted by atomic mass is 32.1. The maximum Gasteiger partial charge on any atom is 0.345 e. The van der Waals surface area contributed by atoms with Crippen molar-refractivity contribution in [2.45, 2.75) is 6.10 Å². The highest BCUT2D eigenvalue weighted by molar-refractivity contribution is 7.15. The van der Waals surface area contributed by atoms with Crippen LogP contribution in [-0.4, -0.2) is 48.2 Å². The Morgan fingerprint density at radius 3 is 2.61 bits per heavy atom. The SMILES string of the molecule is CN(C[C@@H]1COc2ccccc2O1)C(=O)c1ccc(C(=O)O)s1. The molecule has 0 bridgehead atoms. The Morgan fingerprint density at radius 2 is 1.91 bits per heavy atom. The number of amides is 1. The largest absolute Gasteiger partial charge is 0.486 e. The van der Waals surface area contributed by atoms with Crippen LogP contribution < -0.4 is 9.47 Å². The Bertz CT molecular complexity index is 742. The monoisotopic (exact) mass is 333 g/mol. The number of rotatable bonds is 4. The molecular formula is C16H15NO5S. The van der Waals surface area contributed by atoms with Gasteiger partial charge in [-0.1, -0.05) is 12.1 Å². The lowest BCUT2D eigenvalue weighted by Gasteiger charge is -2.29. The fraction of sp³-hybridized carbons (Fsp3) is 0.250. The molecule has 1 amide bonds. The van der Waals surface area contributed by atoms with Crippen molar-refractivity contribution < 1.29 is 24.2 Å². The maximum absolute atomic E-state index is 12.3. The summed E-state index contributed by atoms with van der Waals surface area (Å²) in [6.07, 6.45) is -0.266. The minimum absolute atomic E-state index is 0.146. The van der Waals surface area contributed by atoms with E-state index < -0.39 is 5.97 Å². The van der Waals surface area contributed by atoms with Crippen LogP contribution in [0.25, 0.3) is 0 Å². The molecule has 0 unspecified atom stereocenters. The van der Waals surface area contributed by atoms with Gasteiger partial charge in [0.25, 0.3) is 5.91 Å². The van der Waals surface area contributed by atoms with Gasteiger partial charge < -0.3 is 19.5 Å². The van der Waals surface area contributed by atoms with Crippen molar-refractivity contribution in [2.75, 3.05) is 20.2 Å². The van der Waals surface area contributed by atoms with Crippen LogP contribution >= 0.6 is 11.3 Å². The minimum Gasteiger partial charge on any atom is -0.486 e. The molecule has 0 saturated carbocycles. The summed E-state index contributed by atoms with van der Waals surface area (Å²) in [5.41, 5.74) is 0. The first-order valence-electron chi connectivity index (χ1n) is 7.01. The molecule has 120 valence electrons. The summed E-state index contributed by atoms with van der Waals surface area (Å²) < 4.78 is 11.4. The van der Waals surface area contributed by atoms with Crippen LogP contribution in [0.2, 0.25) is 0 Å². The van der Waals surface area contributed by atoms with Gasteiger partial charge >= 0.3 is 5.97 Å². The molecule has 1 atom stereocenters. The number of hydrogen-bond acceptors (Lipinski definition) is 5. The van der Waals surface area contributed by atoms with Crippen molar-refractivity contribution in [1.29, 1.82) is 0 Å². The lowest BCUT2D eigenvalue weighted by Crippen LogP contribution is -2.41. The Hall–Kier alpha value is -2.54. The van der Waals surface area contributed by atoms with Gasteiger partial charge in [-0.2, -0.15) is 0 Å². The van der Waals surface area contributed by atoms with E-state index in [2.05, 4.69) is 0 Å². The van der Waals surface area contributed by atoms with Crippen LogP contribution in [0.15, 0.2) is 36.4 Å². The predicted molar refractivity (Wildman–Crippen MR) is 84.6 cm³/mol. The number of aromatic carboxylic acids is 1. The van der Waals surface area contributed by atoms with Gasteiger partial charge in [0.05, 0.1) is 11.4 Å². The molecule has 1 aliphatic rings. The molecule has 3 rings (SSSR count). The van der Waals surface area contributed by atoms with E-state index in [1.54, 1.807) is 7.05 Å². The standard InChI is InChI=1S/C16H15NO5S/c1-17(15(18)13-6-7-14(23-13)16(19)20)8-10-9-21-11-4-2-3-5-12(11)22-10/h2-7,10H,8-9H2,1H3,(H,19,20)/t10-/m1/s1. The third kappa shape index (κ3) is 3.29. The van der Waals surface area contributed by atoms with E-state index in [-0.39, 0.29) is 16.9 Å². The van der Waals surface area contributed by atoms with E-state index in [0.717, 1.165) is 11.3 Å². The lowest BCUT2D eigenvalue weighted by molar-refractivity contribution is 0.0524. The quantitative estimate of drug-likeness (QED) is 0.929. The smallest absolute Gasteiger partial charge is 0.345 e. The van der Waals surface area contributed by atoms with E-state index in [4.69, 9.17) is 14.6 Å². The van der Waals surface area contributed by atoms with Crippen molar-refractivity contribution in [2.24, 2.45) is 0 Å². The molecule has 0 fully saturated rings. The van der Waals surface area contributed by atoms with E-state index in [1.165, 1.54) is 17.0 Å². The number of carbonyl (C=O) groups is 2. The van der Waals surface area contributed by atoms with Crippen molar-refractivity contribution in [3.63, 3.8) is 0 Å². The summed E-state index contributed by atoms with van der Waals surface area (Å²) in [6, 6.07) is 10.3. The van der Waals surface area contributed by atoms with Crippen LogP contribution in [0, 0.1) is 0 Å². The number of likely N-dealkylation sites (N-methyl/N-ethyl adjacent to an activating group) is 1. The average molecular weight is 333 g/mol. The molecule has 2 heterocycles. The van der Waals surface area contributed by atoms with Gasteiger partial charge in [0.2, 0.25) is 0 Å². The number of ether oxygens (including phenoxy) is 2. The predicted octanol–water partition coefficient (Wildman–Crippen LogP) is 2.36. The molecule has 1 aromatic heterocycles. The summed E-state index contributed by atoms with van der Waals surface area (Å²) in [4.78, 5) is 25.3. The fourth-order valence-corrected chi connectivity index (χ4v) is 3.14. The molecule has 1 aliphatic heterocycles. The Morgan fingerprint density at radius 1 is 1.22 bits per heavy atom. The highest BCUT2D eigenvalue weighted by Gasteiger charge is 2.25. The van der Waals surface area contributed by atoms with Crippen molar-refractivity contribution >= 4 is 23.2 Å². The number of fused-ring (bicyclic) bond motifs is 1. The zero-order valence-electron chi connectivity index (χ0n) is 12.4. The van der Waals surface area contributed by atoms with Gasteiger partial charge in [0, 0.05) is 7.05 Å². The van der Waals surface area contributed by atoms with Gasteiger partial charge in [-0.3, -0.25) is 4.79 Å². The second kappa shape index (κ2) is 6.29. The normalized spacial score (nSPS) is 16.0. The molecule has 0 saturated heterocycles. The van der Waals surface area contributed by atoms with Gasteiger partial charge in [-0.05, 0) is 24.3 Å². The van der Waals surface area contributed by atoms with Gasteiger partial charge in [-0.15, -0.1) is 11.3 Å². The highest BCUT2D eigenvalue weighted by Crippen LogP contribution is 2.31. The first-order valence-corrected chi connectivity index (χ1v) is 7.83. The zero-order valence-corrected chi connectivity index (χ0v) is 13.2. The number of benzene rings is 1. The zero-order chi connectivity index (χ0) is 16.4. The first kappa shape index (κ1) is 15.4. The average Bonchev–Trinajstić information content (AvgIpc) is 3.04. The summed E-state index contributed by atoms with van der Waals surface area (Å²) in [5.74, 6) is 0.0956. The second-order valence-corrected chi connectivity index (χ2v) is 6.24. The number of thiophene rings is 1. The molecule has 23 heavy (non-hydrogen) atoms. The fourth-order valence-electron chi connectivity index (χ4n) is 2.30. The Kier molecular flexibility index (Phi) is 4.20. The molecule has 7 heteroatoms. The van der Waals surface area contributed by atoms with Gasteiger partial charge in [0.15, 0.2) is 17.6 Å². The Labute approximate surface area is 136 Å². The third-order valence-electron chi connectivity index (χ3n) is 3.42. The molecular weight excluding hydrogens is 318 g/mol. The summed E-state index contributed by atoms with van der Waals surface area (Å²) in [6.45, 7) is 0.715. The van der Waals surface area contributed by atoms with E-state index in [9.17, 15) is 9.59 Å². The molecule has 1 aromatic carbocycles. The number of nitrogens with zero attached hydrogens (tertiary/aromatic N) is 1. The van der Waals surface area contributed by atoms with Gasteiger partial charge in [0.1, 0.15) is 11.5 Å². The van der Waals surface area contributed by atoms with Crippen molar-refractivity contribution in [1.82, 2.24) is 4.90 Å². The van der Waals surface area contributed by atoms with Crippen molar-refractivity contribution in [3.05, 3.63) is 46.2 Å². The van der Waals surface area contributed by atoms with Crippen molar-refractivity contribution in [3.8, 4) is 11.5 Å². The topological polar surface area (TPSA) is 76.1 Å². The Balaban J connectivity index is 1.64. The molecule has 1 N–H and O–H groups in total. The molecule has 6 nitrogen and oxygen atoms in total. The number of carboxylic acids is 1. The van der Waals surface area contributed by atoms with E-state index in [0.29, 0.717) is 29.5 Å². The summed E-state index contributed by atoms with van der Waals surface area (Å²) in [7, 11) is 1.66. The molecule has 0 spiro atoms. The number of carbonyl (C=O) groups excluding carboxylic acids is 1.